The molecule has 0 N–H and O–H groups in total. The van der Waals surface area contributed by atoms with Gasteiger partial charge in [-0.3, -0.25) is 0 Å². The number of fused-ring (bicyclic) bond motifs is 10. The van der Waals surface area contributed by atoms with Crippen LogP contribution in [0.5, 0.6) is 0 Å². The minimum absolute atomic E-state index is 0. The molecule has 0 saturated heterocycles. The van der Waals surface area contributed by atoms with Gasteiger partial charge in [0, 0.05) is 11.1 Å². The van der Waals surface area contributed by atoms with Gasteiger partial charge in [0.2, 0.25) is 0 Å². The van der Waals surface area contributed by atoms with Crippen LogP contribution < -0.4 is 9.97 Å². The predicted molar refractivity (Wildman–Crippen MR) is 243 cm³/mol. The first kappa shape index (κ1) is 38.1. The Bertz CT molecular complexity index is 2910. The third-order valence-corrected chi connectivity index (χ3v) is 11.6. The molecule has 3 aromatic heterocycles. The summed E-state index contributed by atoms with van der Waals surface area (Å²) in [5.41, 5.74) is 19.4. The van der Waals surface area contributed by atoms with Crippen molar-refractivity contribution in [2.24, 2.45) is 0 Å². The van der Waals surface area contributed by atoms with E-state index in [1.165, 1.54) is 0 Å². The van der Waals surface area contributed by atoms with Crippen LogP contribution in [0.15, 0.2) is 109 Å². The summed E-state index contributed by atoms with van der Waals surface area (Å²) in [4.78, 5) is 21.5. The van der Waals surface area contributed by atoms with E-state index in [0.717, 1.165) is 99.8 Å². The van der Waals surface area contributed by atoms with Crippen LogP contribution in [0.3, 0.4) is 0 Å². The smallest absolute Gasteiger partial charge is 0.656 e. The number of rotatable bonds is 2. The van der Waals surface area contributed by atoms with Crippen molar-refractivity contribution in [2.75, 3.05) is 0 Å². The van der Waals surface area contributed by atoms with Crippen LogP contribution in [0.25, 0.3) is 90.2 Å². The van der Waals surface area contributed by atoms with Crippen molar-refractivity contribution in [3.63, 3.8) is 0 Å². The second kappa shape index (κ2) is 14.9. The van der Waals surface area contributed by atoms with Gasteiger partial charge in [-0.2, -0.15) is 0 Å². The van der Waals surface area contributed by atoms with E-state index in [1.807, 2.05) is 0 Å². The Kier molecular flexibility index (Phi) is 9.97. The molecule has 2 aliphatic heterocycles. The molecule has 0 unspecified atom stereocenters. The molecule has 0 saturated carbocycles. The van der Waals surface area contributed by atoms with Gasteiger partial charge in [0.25, 0.3) is 0 Å². The fourth-order valence-corrected chi connectivity index (χ4v) is 8.28. The van der Waals surface area contributed by atoms with Crippen molar-refractivity contribution in [3.05, 3.63) is 143 Å². The van der Waals surface area contributed by atoms with Crippen molar-refractivity contribution in [1.82, 2.24) is 19.9 Å². The van der Waals surface area contributed by atoms with Gasteiger partial charge >= 0.3 is 19.5 Å². The summed E-state index contributed by atoms with van der Waals surface area (Å²) in [6.45, 7) is 13.6. The molecule has 0 spiro atoms. The summed E-state index contributed by atoms with van der Waals surface area (Å²) in [5.74, 6) is 7.19. The van der Waals surface area contributed by atoms with Gasteiger partial charge in [-0.15, -0.1) is 33.2 Å². The van der Waals surface area contributed by atoms with Crippen LogP contribution in [-0.4, -0.2) is 26.1 Å². The van der Waals surface area contributed by atoms with E-state index in [2.05, 4.69) is 196 Å². The Hall–Kier alpha value is -5.82. The largest absolute Gasteiger partial charge is 2.00 e. The summed E-state index contributed by atoms with van der Waals surface area (Å²) >= 11 is 0. The Balaban J connectivity index is 0.00000455. The van der Waals surface area contributed by atoms with Crippen LogP contribution in [0.4, 0.5) is 0 Å². The fraction of sp³-hybridized carbons (Fsp3) is 0.120. The molecule has 7 aromatic rings. The average Bonchev–Trinajstić information content (AvgIpc) is 4.01. The Morgan fingerprint density at radius 3 is 1.21 bits per heavy atom. The molecule has 7 heteroatoms. The van der Waals surface area contributed by atoms with Crippen LogP contribution >= 0.6 is 0 Å². The molecule has 0 aliphatic carbocycles. The van der Waals surface area contributed by atoms with E-state index in [4.69, 9.17) is 19.9 Å². The second-order valence-electron chi connectivity index (χ2n) is 16.4. The average molecular weight is 818 g/mol. The number of benzene rings is 4. The summed E-state index contributed by atoms with van der Waals surface area (Å²) in [6.07, 6.45) is 8.38. The first-order valence-electron chi connectivity index (χ1n) is 19.1. The molecule has 0 atom stereocenters. The van der Waals surface area contributed by atoms with Gasteiger partial charge in [-0.1, -0.05) is 160 Å². The maximum absolute atomic E-state index is 5.38. The second-order valence-corrected chi connectivity index (χ2v) is 25.9. The van der Waals surface area contributed by atoms with Gasteiger partial charge in [0.1, 0.15) is 16.1 Å². The zero-order chi connectivity index (χ0) is 38.6. The van der Waals surface area contributed by atoms with Gasteiger partial charge in [0.05, 0.1) is 22.8 Å². The van der Waals surface area contributed by atoms with Crippen molar-refractivity contribution >= 4 is 84.1 Å². The first-order valence-corrected chi connectivity index (χ1v) is 26.1. The number of hydrogen-bond donors (Lipinski definition) is 0. The SMILES string of the molecule is C[Si](C)(C)C#Cc1c2nc(c(-c3cccc4ccccc34)c3ccc([n-]3)c(C#C[Si](C)(C)C)c3nc(c(-c4cccc5ccccc45)c4ccc1[n-]4)C=C3)C=C2.[Zn+2]. The van der Waals surface area contributed by atoms with Gasteiger partial charge in [-0.25, -0.2) is 9.97 Å². The molecule has 5 heterocycles. The molecule has 4 aromatic carbocycles. The number of hydrogen-bond acceptors (Lipinski definition) is 2. The van der Waals surface area contributed by atoms with Crippen molar-refractivity contribution in [2.45, 2.75) is 39.3 Å². The topological polar surface area (TPSA) is 54.0 Å². The molecule has 0 radical (unpaired) electrons. The van der Waals surface area contributed by atoms with Crippen molar-refractivity contribution < 1.29 is 19.5 Å². The molecular weight excluding hydrogens is 778 g/mol. The Morgan fingerprint density at radius 2 is 0.789 bits per heavy atom. The maximum Gasteiger partial charge on any atom is 2.00 e. The van der Waals surface area contributed by atoms with Crippen LogP contribution in [0.1, 0.15) is 33.9 Å². The third kappa shape index (κ3) is 7.55. The van der Waals surface area contributed by atoms with Gasteiger partial charge < -0.3 is 9.97 Å². The number of nitrogens with zero attached hydrogens (tertiary/aromatic N) is 4. The zero-order valence-electron chi connectivity index (χ0n) is 33.2. The Labute approximate surface area is 349 Å². The zero-order valence-corrected chi connectivity index (χ0v) is 38.2. The molecule has 270 valence electrons. The number of aromatic nitrogens is 4. The molecule has 57 heavy (non-hydrogen) atoms. The van der Waals surface area contributed by atoms with Crippen LogP contribution in [-0.2, 0) is 19.5 Å². The van der Waals surface area contributed by atoms with E-state index in [1.54, 1.807) is 0 Å². The van der Waals surface area contributed by atoms with Crippen molar-refractivity contribution in [1.29, 1.82) is 0 Å². The van der Waals surface area contributed by atoms with Crippen molar-refractivity contribution in [3.8, 4) is 45.2 Å². The fourth-order valence-electron chi connectivity index (χ4n) is 7.28. The molecular formula is C50H40N4Si2Zn. The van der Waals surface area contributed by atoms with E-state index in [-0.39, 0.29) is 19.5 Å². The Morgan fingerprint density at radius 1 is 0.421 bits per heavy atom. The summed E-state index contributed by atoms with van der Waals surface area (Å²) in [7, 11) is -3.55. The minimum atomic E-state index is -1.77. The maximum atomic E-state index is 5.38. The van der Waals surface area contributed by atoms with Gasteiger partial charge in [-0.05, 0) is 68.1 Å². The normalized spacial score (nSPS) is 12.2. The van der Waals surface area contributed by atoms with E-state index >= 15 is 0 Å². The first-order chi connectivity index (χ1) is 27.0. The summed E-state index contributed by atoms with van der Waals surface area (Å²) in [5, 5.41) is 4.59. The molecule has 8 bridgehead atoms. The molecule has 9 rings (SSSR count). The predicted octanol–water partition coefficient (Wildman–Crippen LogP) is 12.0. The summed E-state index contributed by atoms with van der Waals surface area (Å²) < 4.78 is 0. The minimum Gasteiger partial charge on any atom is -0.656 e. The van der Waals surface area contributed by atoms with E-state index < -0.39 is 16.1 Å². The van der Waals surface area contributed by atoms with E-state index in [0.29, 0.717) is 0 Å². The molecule has 0 amide bonds. The standard InChI is InChI=1S/C50H40N4Si2.Zn/c1-55(2,3)31-29-39-41-21-25-45(51-41)49(37-19-11-15-33-13-7-9-17-35(33)37)47-27-23-43(53-47)40(30-32-56(4,5)6)44-24-28-48(54-44)50(46-26-22-42(39)52-46)38-20-12-16-34-14-8-10-18-36(34)38;/h7-28H,1-6H3;/q-2;+2. The van der Waals surface area contributed by atoms with E-state index in [9.17, 15) is 0 Å². The molecule has 4 nitrogen and oxygen atoms in total. The summed E-state index contributed by atoms with van der Waals surface area (Å²) in [6, 6.07) is 38.2. The van der Waals surface area contributed by atoms with Crippen LogP contribution in [0.2, 0.25) is 39.3 Å². The van der Waals surface area contributed by atoms with Gasteiger partial charge in [0.15, 0.2) is 0 Å². The third-order valence-electron chi connectivity index (χ3n) is 9.85. The monoisotopic (exact) mass is 816 g/mol. The quantitative estimate of drug-likeness (QED) is 0.129. The molecule has 2 aliphatic rings. The molecule has 0 fully saturated rings. The van der Waals surface area contributed by atoms with Crippen LogP contribution in [0, 0.1) is 22.9 Å².